The maximum absolute atomic E-state index is 14.3. The van der Waals surface area contributed by atoms with Gasteiger partial charge in [0.2, 0.25) is 0 Å². The Bertz CT molecular complexity index is 992. The molecule has 0 aliphatic carbocycles. The first-order valence-electron chi connectivity index (χ1n) is 8.06. The fraction of sp³-hybridized carbons (Fsp3) is 0.263. The second-order valence-corrected chi connectivity index (χ2v) is 8.15. The molecule has 0 bridgehead atoms. The first-order chi connectivity index (χ1) is 12.2. The number of aryl methyl sites for hydroxylation is 1. The van der Waals surface area contributed by atoms with E-state index in [1.165, 1.54) is 6.07 Å². The first kappa shape index (κ1) is 18.6. The van der Waals surface area contributed by atoms with E-state index in [0.717, 1.165) is 3.57 Å². The maximum Gasteiger partial charge on any atom is 0.343 e. The average molecular weight is 467 g/mol. The third kappa shape index (κ3) is 3.67. The van der Waals surface area contributed by atoms with Crippen molar-refractivity contribution in [3.63, 3.8) is 0 Å². The number of halogens is 2. The van der Waals surface area contributed by atoms with Crippen LogP contribution in [0.4, 0.5) is 15.9 Å². The fourth-order valence-corrected chi connectivity index (χ4v) is 3.11. The van der Waals surface area contributed by atoms with Crippen LogP contribution < -0.4 is 5.32 Å². The van der Waals surface area contributed by atoms with E-state index >= 15 is 0 Å². The highest BCUT2D eigenvalue weighted by Gasteiger charge is 2.27. The van der Waals surface area contributed by atoms with E-state index < -0.39 is 17.4 Å². The topological polar surface area (TPSA) is 56.2 Å². The van der Waals surface area contributed by atoms with Crippen LogP contribution in [0, 0.1) is 9.39 Å². The summed E-state index contributed by atoms with van der Waals surface area (Å²) in [5.74, 6) is -0.442. The SMILES string of the molecule is Cn1c(Nc2ccc(I)cc2F)c(C(=O)OC(C)(C)C)c2cccnc21. The van der Waals surface area contributed by atoms with Gasteiger partial charge >= 0.3 is 5.97 Å². The number of pyridine rings is 1. The number of carbonyl (C=O) groups is 1. The van der Waals surface area contributed by atoms with Gasteiger partial charge in [-0.25, -0.2) is 14.2 Å². The van der Waals surface area contributed by atoms with Crippen LogP contribution in [0.15, 0.2) is 36.5 Å². The molecule has 26 heavy (non-hydrogen) atoms. The zero-order valence-electron chi connectivity index (χ0n) is 14.9. The molecule has 0 amide bonds. The van der Waals surface area contributed by atoms with Crippen molar-refractivity contribution in [3.05, 3.63) is 51.5 Å². The van der Waals surface area contributed by atoms with Crippen molar-refractivity contribution >= 4 is 51.1 Å². The molecule has 1 aromatic carbocycles. The third-order valence-corrected chi connectivity index (χ3v) is 4.40. The number of rotatable bonds is 3. The highest BCUT2D eigenvalue weighted by molar-refractivity contribution is 14.1. The monoisotopic (exact) mass is 467 g/mol. The summed E-state index contributed by atoms with van der Waals surface area (Å²) in [5, 5.41) is 3.69. The lowest BCUT2D eigenvalue weighted by atomic mass is 10.1. The average Bonchev–Trinajstić information content (AvgIpc) is 2.81. The first-order valence-corrected chi connectivity index (χ1v) is 9.14. The van der Waals surface area contributed by atoms with Crippen molar-refractivity contribution in [2.24, 2.45) is 7.05 Å². The van der Waals surface area contributed by atoms with Gasteiger partial charge in [0.1, 0.15) is 28.4 Å². The van der Waals surface area contributed by atoms with Crippen LogP contribution in [0.25, 0.3) is 11.0 Å². The molecule has 0 fully saturated rings. The van der Waals surface area contributed by atoms with Crippen LogP contribution in [0.1, 0.15) is 31.1 Å². The number of aromatic nitrogens is 2. The smallest absolute Gasteiger partial charge is 0.343 e. The number of hydrogen-bond acceptors (Lipinski definition) is 4. The molecular weight excluding hydrogens is 448 g/mol. The standard InChI is InChI=1S/C19H19FIN3O2/c1-19(2,3)26-18(25)15-12-6-5-9-22-16(12)24(4)17(15)23-14-8-7-11(21)10-13(14)20/h5-10,23H,1-4H3. The Morgan fingerprint density at radius 1 is 1.31 bits per heavy atom. The molecular formula is C19H19FIN3O2. The molecule has 0 saturated carbocycles. The Balaban J connectivity index is 2.15. The van der Waals surface area contributed by atoms with Gasteiger partial charge in [0.05, 0.1) is 5.69 Å². The van der Waals surface area contributed by atoms with Gasteiger partial charge in [-0.3, -0.25) is 0 Å². The van der Waals surface area contributed by atoms with E-state index in [0.29, 0.717) is 22.4 Å². The molecule has 0 unspecified atom stereocenters. The van der Waals surface area contributed by atoms with Gasteiger partial charge in [0.25, 0.3) is 0 Å². The van der Waals surface area contributed by atoms with Crippen molar-refractivity contribution in [1.82, 2.24) is 9.55 Å². The van der Waals surface area contributed by atoms with E-state index in [1.807, 2.05) is 22.6 Å². The minimum Gasteiger partial charge on any atom is -0.456 e. The predicted molar refractivity (Wildman–Crippen MR) is 108 cm³/mol. The zero-order chi connectivity index (χ0) is 19.1. The largest absolute Gasteiger partial charge is 0.456 e. The number of benzene rings is 1. The van der Waals surface area contributed by atoms with Crippen LogP contribution >= 0.6 is 22.6 Å². The van der Waals surface area contributed by atoms with Crippen molar-refractivity contribution < 1.29 is 13.9 Å². The molecule has 0 radical (unpaired) electrons. The van der Waals surface area contributed by atoms with Crippen LogP contribution in [0.2, 0.25) is 0 Å². The Hall–Kier alpha value is -2.16. The van der Waals surface area contributed by atoms with Gasteiger partial charge in [-0.05, 0) is 73.7 Å². The maximum atomic E-state index is 14.3. The van der Waals surface area contributed by atoms with Gasteiger partial charge < -0.3 is 14.6 Å². The van der Waals surface area contributed by atoms with E-state index in [1.54, 1.807) is 62.8 Å². The van der Waals surface area contributed by atoms with Gasteiger partial charge in [0, 0.05) is 22.2 Å². The molecule has 0 spiro atoms. The second-order valence-electron chi connectivity index (χ2n) is 6.91. The molecule has 3 rings (SSSR count). The molecule has 2 heterocycles. The van der Waals surface area contributed by atoms with Crippen LogP contribution in [-0.4, -0.2) is 21.1 Å². The highest BCUT2D eigenvalue weighted by Crippen LogP contribution is 2.33. The normalized spacial score (nSPS) is 11.6. The molecule has 0 aliphatic rings. The summed E-state index contributed by atoms with van der Waals surface area (Å²) in [7, 11) is 1.77. The number of nitrogens with one attached hydrogen (secondary N) is 1. The van der Waals surface area contributed by atoms with Gasteiger partial charge in [-0.1, -0.05) is 0 Å². The Labute approximate surface area is 164 Å². The molecule has 5 nitrogen and oxygen atoms in total. The lowest BCUT2D eigenvalue weighted by Crippen LogP contribution is -2.24. The van der Waals surface area contributed by atoms with Crippen molar-refractivity contribution in [2.45, 2.75) is 26.4 Å². The van der Waals surface area contributed by atoms with Crippen LogP contribution in [0.3, 0.4) is 0 Å². The van der Waals surface area contributed by atoms with E-state index in [9.17, 15) is 9.18 Å². The number of ether oxygens (including phenoxy) is 1. The number of anilines is 2. The second kappa shape index (κ2) is 6.86. The molecule has 7 heteroatoms. The molecule has 0 atom stereocenters. The summed E-state index contributed by atoms with van der Waals surface area (Å²) in [4.78, 5) is 17.2. The quantitative estimate of drug-likeness (QED) is 0.435. The summed E-state index contributed by atoms with van der Waals surface area (Å²) in [6.45, 7) is 5.42. The summed E-state index contributed by atoms with van der Waals surface area (Å²) in [6.07, 6.45) is 1.65. The fourth-order valence-electron chi connectivity index (χ4n) is 2.66. The van der Waals surface area contributed by atoms with Crippen LogP contribution in [-0.2, 0) is 11.8 Å². The van der Waals surface area contributed by atoms with Crippen molar-refractivity contribution in [2.75, 3.05) is 5.32 Å². The number of fused-ring (bicyclic) bond motifs is 1. The Kier molecular flexibility index (Phi) is 4.92. The van der Waals surface area contributed by atoms with Crippen molar-refractivity contribution in [1.29, 1.82) is 0 Å². The summed E-state index contributed by atoms with van der Waals surface area (Å²) < 4.78 is 22.4. The van der Waals surface area contributed by atoms with E-state index in [4.69, 9.17) is 4.74 Å². The molecule has 3 aromatic rings. The summed E-state index contributed by atoms with van der Waals surface area (Å²) in [5.41, 5.74) is 0.582. The van der Waals surface area contributed by atoms with E-state index in [2.05, 4.69) is 10.3 Å². The van der Waals surface area contributed by atoms with Gasteiger partial charge in [-0.2, -0.15) is 0 Å². The van der Waals surface area contributed by atoms with Gasteiger partial charge in [-0.15, -0.1) is 0 Å². The third-order valence-electron chi connectivity index (χ3n) is 3.73. The zero-order valence-corrected chi connectivity index (χ0v) is 17.1. The molecule has 0 saturated heterocycles. The minimum atomic E-state index is -0.646. The van der Waals surface area contributed by atoms with E-state index in [-0.39, 0.29) is 5.69 Å². The highest BCUT2D eigenvalue weighted by atomic mass is 127. The van der Waals surface area contributed by atoms with Crippen LogP contribution in [0.5, 0.6) is 0 Å². The predicted octanol–water partition coefficient (Wildman–Crippen LogP) is 5.02. The molecule has 1 N–H and O–H groups in total. The minimum absolute atomic E-state index is 0.279. The number of nitrogens with zero attached hydrogens (tertiary/aromatic N) is 2. The lowest BCUT2D eigenvalue weighted by Gasteiger charge is -2.20. The van der Waals surface area contributed by atoms with Crippen molar-refractivity contribution in [3.8, 4) is 0 Å². The number of carbonyl (C=O) groups excluding carboxylic acids is 1. The molecule has 136 valence electrons. The number of hydrogen-bond donors (Lipinski definition) is 1. The lowest BCUT2D eigenvalue weighted by molar-refractivity contribution is 0.00729. The van der Waals surface area contributed by atoms with Gasteiger partial charge in [0.15, 0.2) is 0 Å². The summed E-state index contributed by atoms with van der Waals surface area (Å²) >= 11 is 2.05. The molecule has 2 aromatic heterocycles. The summed E-state index contributed by atoms with van der Waals surface area (Å²) in [6, 6.07) is 8.42. The Morgan fingerprint density at radius 3 is 2.69 bits per heavy atom. The Morgan fingerprint density at radius 2 is 2.04 bits per heavy atom. The molecule has 0 aliphatic heterocycles. The number of esters is 1.